The van der Waals surface area contributed by atoms with Crippen LogP contribution in [0.15, 0.2) is 53.8 Å². The molecular formula is C19H25F2IN4O2. The Labute approximate surface area is 180 Å². The number of guanidine groups is 1. The number of nitrogens with zero attached hydrogens (tertiary/aromatic N) is 3. The summed E-state index contributed by atoms with van der Waals surface area (Å²) >= 11 is 0. The minimum Gasteiger partial charge on any atom is -0.435 e. The molecule has 0 amide bonds. The van der Waals surface area contributed by atoms with Crippen molar-refractivity contribution in [2.24, 2.45) is 4.99 Å². The van der Waals surface area contributed by atoms with Crippen molar-refractivity contribution in [2.45, 2.75) is 26.2 Å². The molecule has 6 nitrogen and oxygen atoms in total. The first kappa shape index (κ1) is 24.0. The largest absolute Gasteiger partial charge is 0.435 e. The lowest BCUT2D eigenvalue weighted by Gasteiger charge is -2.23. The summed E-state index contributed by atoms with van der Waals surface area (Å²) in [5.74, 6) is 0.760. The van der Waals surface area contributed by atoms with Crippen LogP contribution in [0.5, 0.6) is 5.75 Å². The molecule has 2 rings (SSSR count). The van der Waals surface area contributed by atoms with Gasteiger partial charge in [-0.05, 0) is 42.3 Å². The van der Waals surface area contributed by atoms with Crippen molar-refractivity contribution in [1.82, 2.24) is 15.2 Å². The molecule has 2 aromatic rings. The van der Waals surface area contributed by atoms with Gasteiger partial charge in [-0.1, -0.05) is 12.1 Å². The van der Waals surface area contributed by atoms with Gasteiger partial charge in [-0.15, -0.1) is 24.0 Å². The van der Waals surface area contributed by atoms with Crippen LogP contribution in [0, 0.1) is 0 Å². The molecule has 154 valence electrons. The Kier molecular flexibility index (Phi) is 10.7. The summed E-state index contributed by atoms with van der Waals surface area (Å²) in [6.07, 6.45) is 2.53. The molecule has 1 aromatic heterocycles. The molecule has 9 heteroatoms. The predicted molar refractivity (Wildman–Crippen MR) is 115 cm³/mol. The van der Waals surface area contributed by atoms with Crippen LogP contribution in [0.2, 0.25) is 0 Å². The van der Waals surface area contributed by atoms with Crippen LogP contribution in [0.4, 0.5) is 8.78 Å². The molecule has 1 atom stereocenters. The van der Waals surface area contributed by atoms with Crippen LogP contribution in [0.3, 0.4) is 0 Å². The zero-order chi connectivity index (χ0) is 19.6. The van der Waals surface area contributed by atoms with Crippen molar-refractivity contribution >= 4 is 29.9 Å². The summed E-state index contributed by atoms with van der Waals surface area (Å²) in [5, 5.41) is 13.4. The number of halogens is 3. The van der Waals surface area contributed by atoms with E-state index in [0.29, 0.717) is 19.0 Å². The quantitative estimate of drug-likeness (QED) is 0.326. The zero-order valence-electron chi connectivity index (χ0n) is 15.8. The first-order valence-corrected chi connectivity index (χ1v) is 8.60. The maximum absolute atomic E-state index is 12.2. The Balaban J connectivity index is 0.00000392. The summed E-state index contributed by atoms with van der Waals surface area (Å²) in [6, 6.07) is 9.96. The van der Waals surface area contributed by atoms with E-state index < -0.39 is 12.7 Å². The number of aliphatic hydroxyl groups excluding tert-OH is 1. The Morgan fingerprint density at radius 1 is 1.21 bits per heavy atom. The molecule has 0 saturated heterocycles. The average Bonchev–Trinajstić information content (AvgIpc) is 2.66. The van der Waals surface area contributed by atoms with Gasteiger partial charge >= 0.3 is 6.61 Å². The number of hydrogen-bond donors (Lipinski definition) is 2. The van der Waals surface area contributed by atoms with E-state index in [9.17, 15) is 13.9 Å². The average molecular weight is 506 g/mol. The van der Waals surface area contributed by atoms with Gasteiger partial charge in [0.25, 0.3) is 0 Å². The van der Waals surface area contributed by atoms with Gasteiger partial charge in [-0.2, -0.15) is 8.78 Å². The van der Waals surface area contributed by atoms with Crippen molar-refractivity contribution < 1.29 is 18.6 Å². The van der Waals surface area contributed by atoms with Crippen molar-refractivity contribution in [3.05, 3.63) is 59.9 Å². The molecule has 1 heterocycles. The van der Waals surface area contributed by atoms with Crippen molar-refractivity contribution in [2.75, 3.05) is 20.1 Å². The molecule has 1 unspecified atom stereocenters. The highest BCUT2D eigenvalue weighted by Gasteiger charge is 2.11. The van der Waals surface area contributed by atoms with Crippen LogP contribution in [0.1, 0.15) is 24.2 Å². The van der Waals surface area contributed by atoms with E-state index in [1.807, 2.05) is 18.9 Å². The lowest BCUT2D eigenvalue weighted by molar-refractivity contribution is -0.0498. The Bertz CT molecular complexity index is 718. The molecule has 2 N–H and O–H groups in total. The summed E-state index contributed by atoms with van der Waals surface area (Å²) in [5.41, 5.74) is 1.67. The smallest absolute Gasteiger partial charge is 0.387 e. The number of pyridine rings is 1. The van der Waals surface area contributed by atoms with E-state index in [1.165, 1.54) is 12.1 Å². The van der Waals surface area contributed by atoms with E-state index in [-0.39, 0.29) is 36.3 Å². The van der Waals surface area contributed by atoms with Gasteiger partial charge in [0, 0.05) is 32.5 Å². The first-order valence-electron chi connectivity index (χ1n) is 8.60. The van der Waals surface area contributed by atoms with Gasteiger partial charge in [-0.3, -0.25) is 9.98 Å². The van der Waals surface area contributed by atoms with Gasteiger partial charge in [0.05, 0.1) is 12.6 Å². The van der Waals surface area contributed by atoms with E-state index in [1.54, 1.807) is 36.7 Å². The van der Waals surface area contributed by atoms with Crippen molar-refractivity contribution in [3.63, 3.8) is 0 Å². The number of aliphatic imine (C=N–C) groups is 1. The third-order valence-electron chi connectivity index (χ3n) is 3.77. The first-order chi connectivity index (χ1) is 13.0. The molecule has 0 aliphatic rings. The molecule has 0 spiro atoms. The van der Waals surface area contributed by atoms with E-state index in [0.717, 1.165) is 11.1 Å². The molecule has 1 aromatic carbocycles. The summed E-state index contributed by atoms with van der Waals surface area (Å²) in [7, 11) is 1.86. The Morgan fingerprint density at radius 3 is 2.43 bits per heavy atom. The number of nitrogens with one attached hydrogen (secondary N) is 1. The van der Waals surface area contributed by atoms with E-state index in [2.05, 4.69) is 20.0 Å². The lowest BCUT2D eigenvalue weighted by atomic mass is 10.1. The van der Waals surface area contributed by atoms with Gasteiger partial charge in [0.1, 0.15) is 5.75 Å². The highest BCUT2D eigenvalue weighted by molar-refractivity contribution is 14.0. The highest BCUT2D eigenvalue weighted by atomic mass is 127. The monoisotopic (exact) mass is 506 g/mol. The number of aromatic nitrogens is 1. The number of ether oxygens (including phenoxy) is 1. The number of benzene rings is 1. The van der Waals surface area contributed by atoms with Crippen molar-refractivity contribution in [1.29, 1.82) is 0 Å². The van der Waals surface area contributed by atoms with E-state index >= 15 is 0 Å². The van der Waals surface area contributed by atoms with Gasteiger partial charge in [-0.25, -0.2) is 0 Å². The Hall–Kier alpha value is -2.01. The minimum absolute atomic E-state index is 0. The maximum atomic E-state index is 12.2. The van der Waals surface area contributed by atoms with Gasteiger partial charge in [0.15, 0.2) is 5.96 Å². The summed E-state index contributed by atoms with van der Waals surface area (Å²) in [6.45, 7) is 0.525. The SMILES string of the molecule is CCNC(=NCC(O)c1ccncc1)N(C)Cc1ccc(OC(F)F)cc1.I. The van der Waals surface area contributed by atoms with Crippen LogP contribution in [-0.2, 0) is 6.54 Å². The van der Waals surface area contributed by atoms with Crippen LogP contribution >= 0.6 is 24.0 Å². The molecule has 28 heavy (non-hydrogen) atoms. The molecule has 0 saturated carbocycles. The number of alkyl halides is 2. The standard InChI is InChI=1S/C19H24F2N4O2.HI/c1-3-23-19(24-12-17(26)15-8-10-22-11-9-15)25(2)13-14-4-6-16(7-5-14)27-18(20)21;/h4-11,17-18,26H,3,12-13H2,1-2H3,(H,23,24);1H. The van der Waals surface area contributed by atoms with Crippen LogP contribution in [0.25, 0.3) is 0 Å². The fourth-order valence-electron chi connectivity index (χ4n) is 2.46. The highest BCUT2D eigenvalue weighted by Crippen LogP contribution is 2.16. The van der Waals surface area contributed by atoms with Crippen LogP contribution in [-0.4, -0.2) is 47.7 Å². The molecule has 0 aliphatic heterocycles. The third kappa shape index (κ3) is 7.93. The third-order valence-corrected chi connectivity index (χ3v) is 3.77. The second kappa shape index (κ2) is 12.4. The topological polar surface area (TPSA) is 70.0 Å². The molecule has 0 aliphatic carbocycles. The molecule has 0 fully saturated rings. The molecular weight excluding hydrogens is 481 g/mol. The second-order valence-corrected chi connectivity index (χ2v) is 5.87. The molecule has 0 bridgehead atoms. The summed E-state index contributed by atoms with van der Waals surface area (Å²) in [4.78, 5) is 10.3. The fourth-order valence-corrected chi connectivity index (χ4v) is 2.46. The number of hydrogen-bond acceptors (Lipinski definition) is 4. The van der Waals surface area contributed by atoms with Gasteiger partial charge in [0.2, 0.25) is 0 Å². The molecule has 0 radical (unpaired) electrons. The second-order valence-electron chi connectivity index (χ2n) is 5.87. The summed E-state index contributed by atoms with van der Waals surface area (Å²) < 4.78 is 28.8. The van der Waals surface area contributed by atoms with Crippen molar-refractivity contribution in [3.8, 4) is 5.75 Å². The maximum Gasteiger partial charge on any atom is 0.387 e. The normalized spacial score (nSPS) is 12.3. The fraction of sp³-hybridized carbons (Fsp3) is 0.368. The lowest BCUT2D eigenvalue weighted by Crippen LogP contribution is -2.38. The predicted octanol–water partition coefficient (Wildman–Crippen LogP) is 3.43. The Morgan fingerprint density at radius 2 is 1.86 bits per heavy atom. The zero-order valence-corrected chi connectivity index (χ0v) is 18.1. The number of rotatable bonds is 8. The minimum atomic E-state index is -2.84. The van der Waals surface area contributed by atoms with E-state index in [4.69, 9.17) is 0 Å². The number of aliphatic hydroxyl groups is 1. The van der Waals surface area contributed by atoms with Crippen LogP contribution < -0.4 is 10.1 Å². The van der Waals surface area contributed by atoms with Gasteiger partial charge < -0.3 is 20.1 Å².